The first-order chi connectivity index (χ1) is 8.54. The standard InChI is InChI=1S/C15H19FO2/c1-4-5-6-7-12-8-9-14(13(16)10-12)18-15(17)11(2)3/h8-10H,2,4-7H2,1,3H3. The summed E-state index contributed by atoms with van der Waals surface area (Å²) in [6.07, 6.45) is 4.16. The van der Waals surface area contributed by atoms with E-state index in [1.807, 2.05) is 0 Å². The second kappa shape index (κ2) is 6.94. The van der Waals surface area contributed by atoms with Crippen LogP contribution in [0.4, 0.5) is 4.39 Å². The predicted octanol–water partition coefficient (Wildman–Crippen LogP) is 4.04. The molecule has 1 rings (SSSR count). The van der Waals surface area contributed by atoms with Crippen molar-refractivity contribution in [2.45, 2.75) is 39.5 Å². The van der Waals surface area contributed by atoms with Crippen LogP contribution < -0.4 is 4.74 Å². The molecule has 0 saturated heterocycles. The Morgan fingerprint density at radius 2 is 2.11 bits per heavy atom. The van der Waals surface area contributed by atoms with Crippen LogP contribution in [-0.4, -0.2) is 5.97 Å². The second-order valence-electron chi connectivity index (χ2n) is 4.39. The Kier molecular flexibility index (Phi) is 5.56. The van der Waals surface area contributed by atoms with Crippen LogP contribution in [0.3, 0.4) is 0 Å². The van der Waals surface area contributed by atoms with Gasteiger partial charge in [-0.15, -0.1) is 0 Å². The van der Waals surface area contributed by atoms with Crippen molar-refractivity contribution < 1.29 is 13.9 Å². The van der Waals surface area contributed by atoms with Gasteiger partial charge in [0.1, 0.15) is 0 Å². The largest absolute Gasteiger partial charge is 0.420 e. The third-order valence-corrected chi connectivity index (χ3v) is 2.62. The van der Waals surface area contributed by atoms with Gasteiger partial charge in [0.05, 0.1) is 0 Å². The van der Waals surface area contributed by atoms with Gasteiger partial charge >= 0.3 is 5.97 Å². The molecule has 0 amide bonds. The van der Waals surface area contributed by atoms with E-state index < -0.39 is 11.8 Å². The quantitative estimate of drug-likeness (QED) is 0.329. The molecule has 3 heteroatoms. The molecule has 2 nitrogen and oxygen atoms in total. The SMILES string of the molecule is C=C(C)C(=O)Oc1ccc(CCCCC)cc1F. The summed E-state index contributed by atoms with van der Waals surface area (Å²) in [6.45, 7) is 7.10. The Balaban J connectivity index is 2.67. The van der Waals surface area contributed by atoms with Gasteiger partial charge < -0.3 is 4.74 Å². The van der Waals surface area contributed by atoms with Crippen LogP contribution in [0, 0.1) is 5.82 Å². The van der Waals surface area contributed by atoms with Gasteiger partial charge in [0.25, 0.3) is 0 Å². The summed E-state index contributed by atoms with van der Waals surface area (Å²) in [5.74, 6) is -1.14. The lowest BCUT2D eigenvalue weighted by molar-refractivity contribution is -0.130. The highest BCUT2D eigenvalue weighted by molar-refractivity contribution is 5.88. The Bertz CT molecular complexity index is 438. The van der Waals surface area contributed by atoms with Crippen molar-refractivity contribution in [3.05, 3.63) is 41.7 Å². The normalized spacial score (nSPS) is 10.2. The van der Waals surface area contributed by atoms with Crippen LogP contribution in [0.5, 0.6) is 5.75 Å². The molecule has 18 heavy (non-hydrogen) atoms. The molecule has 0 saturated carbocycles. The van der Waals surface area contributed by atoms with E-state index in [-0.39, 0.29) is 11.3 Å². The number of esters is 1. The molecular weight excluding hydrogens is 231 g/mol. The molecule has 1 aromatic rings. The van der Waals surface area contributed by atoms with E-state index in [9.17, 15) is 9.18 Å². The molecule has 0 aromatic heterocycles. The van der Waals surface area contributed by atoms with E-state index in [1.54, 1.807) is 6.07 Å². The monoisotopic (exact) mass is 250 g/mol. The summed E-state index contributed by atoms with van der Waals surface area (Å²) >= 11 is 0. The molecule has 0 unspecified atom stereocenters. The predicted molar refractivity (Wildman–Crippen MR) is 70.1 cm³/mol. The molecule has 0 atom stereocenters. The molecule has 0 aliphatic heterocycles. The van der Waals surface area contributed by atoms with Crippen molar-refractivity contribution in [3.8, 4) is 5.75 Å². The van der Waals surface area contributed by atoms with Crippen molar-refractivity contribution in [2.24, 2.45) is 0 Å². The third kappa shape index (κ3) is 4.32. The zero-order valence-electron chi connectivity index (χ0n) is 11.0. The van der Waals surface area contributed by atoms with E-state index in [1.165, 1.54) is 19.1 Å². The molecule has 0 N–H and O–H groups in total. The molecule has 0 bridgehead atoms. The second-order valence-corrected chi connectivity index (χ2v) is 4.39. The number of halogens is 1. The van der Waals surface area contributed by atoms with Gasteiger partial charge in [0, 0.05) is 5.57 Å². The summed E-state index contributed by atoms with van der Waals surface area (Å²) in [5.41, 5.74) is 1.18. The Morgan fingerprint density at radius 3 is 2.67 bits per heavy atom. The minimum atomic E-state index is -0.604. The molecular formula is C15H19FO2. The van der Waals surface area contributed by atoms with E-state index in [4.69, 9.17) is 4.74 Å². The fraction of sp³-hybridized carbons (Fsp3) is 0.400. The fourth-order valence-electron chi connectivity index (χ4n) is 1.55. The molecule has 0 spiro atoms. The number of rotatable bonds is 6. The van der Waals surface area contributed by atoms with Gasteiger partial charge in [-0.25, -0.2) is 9.18 Å². The van der Waals surface area contributed by atoms with Crippen LogP contribution >= 0.6 is 0 Å². The van der Waals surface area contributed by atoms with Gasteiger partial charge in [-0.05, 0) is 37.5 Å². The lowest BCUT2D eigenvalue weighted by atomic mass is 10.1. The Morgan fingerprint density at radius 1 is 1.39 bits per heavy atom. The summed E-state index contributed by atoms with van der Waals surface area (Å²) in [6, 6.07) is 4.72. The van der Waals surface area contributed by atoms with Crippen LogP contribution in [0.15, 0.2) is 30.4 Å². The van der Waals surface area contributed by atoms with E-state index in [0.29, 0.717) is 0 Å². The molecule has 0 aliphatic carbocycles. The molecule has 1 aromatic carbocycles. The van der Waals surface area contributed by atoms with Crippen molar-refractivity contribution >= 4 is 5.97 Å². The van der Waals surface area contributed by atoms with Crippen LogP contribution in [0.1, 0.15) is 38.7 Å². The average molecular weight is 250 g/mol. The van der Waals surface area contributed by atoms with Crippen LogP contribution in [0.25, 0.3) is 0 Å². The third-order valence-electron chi connectivity index (χ3n) is 2.62. The van der Waals surface area contributed by atoms with Gasteiger partial charge in [0.15, 0.2) is 11.6 Å². The fourth-order valence-corrected chi connectivity index (χ4v) is 1.55. The lowest BCUT2D eigenvalue weighted by Gasteiger charge is -2.07. The first-order valence-corrected chi connectivity index (χ1v) is 6.20. The maximum absolute atomic E-state index is 13.7. The highest BCUT2D eigenvalue weighted by Gasteiger charge is 2.10. The molecule has 0 aliphatic rings. The van der Waals surface area contributed by atoms with Gasteiger partial charge in [0.2, 0.25) is 0 Å². The number of hydrogen-bond donors (Lipinski definition) is 0. The van der Waals surface area contributed by atoms with Crippen LogP contribution in [-0.2, 0) is 11.2 Å². The minimum Gasteiger partial charge on any atom is -0.420 e. The van der Waals surface area contributed by atoms with E-state index >= 15 is 0 Å². The summed E-state index contributed by atoms with van der Waals surface area (Å²) in [4.78, 5) is 11.3. The smallest absolute Gasteiger partial charge is 0.338 e. The molecule has 0 heterocycles. The Labute approximate surface area is 107 Å². The first kappa shape index (κ1) is 14.4. The highest BCUT2D eigenvalue weighted by Crippen LogP contribution is 2.20. The topological polar surface area (TPSA) is 26.3 Å². The zero-order chi connectivity index (χ0) is 13.5. The average Bonchev–Trinajstić information content (AvgIpc) is 2.32. The minimum absolute atomic E-state index is 0.0396. The Hall–Kier alpha value is -1.64. The molecule has 0 fully saturated rings. The van der Waals surface area contributed by atoms with E-state index in [0.717, 1.165) is 31.2 Å². The maximum Gasteiger partial charge on any atom is 0.338 e. The zero-order valence-corrected chi connectivity index (χ0v) is 11.0. The van der Waals surface area contributed by atoms with Gasteiger partial charge in [-0.3, -0.25) is 0 Å². The van der Waals surface area contributed by atoms with Crippen molar-refractivity contribution in [3.63, 3.8) is 0 Å². The van der Waals surface area contributed by atoms with Gasteiger partial charge in [-0.1, -0.05) is 32.4 Å². The summed E-state index contributed by atoms with van der Waals surface area (Å²) in [7, 11) is 0. The van der Waals surface area contributed by atoms with E-state index in [2.05, 4.69) is 13.5 Å². The van der Waals surface area contributed by atoms with Crippen molar-refractivity contribution in [2.75, 3.05) is 0 Å². The number of hydrogen-bond acceptors (Lipinski definition) is 2. The molecule has 0 radical (unpaired) electrons. The number of carbonyl (C=O) groups excluding carboxylic acids is 1. The van der Waals surface area contributed by atoms with Crippen molar-refractivity contribution in [1.29, 1.82) is 0 Å². The first-order valence-electron chi connectivity index (χ1n) is 6.20. The highest BCUT2D eigenvalue weighted by atomic mass is 19.1. The summed E-state index contributed by atoms with van der Waals surface area (Å²) < 4.78 is 18.5. The molecule has 98 valence electrons. The number of aryl methyl sites for hydroxylation is 1. The number of carbonyl (C=O) groups is 1. The summed E-state index contributed by atoms with van der Waals surface area (Å²) in [5, 5.41) is 0. The number of benzene rings is 1. The van der Waals surface area contributed by atoms with Crippen LogP contribution in [0.2, 0.25) is 0 Å². The van der Waals surface area contributed by atoms with Gasteiger partial charge in [-0.2, -0.15) is 0 Å². The lowest BCUT2D eigenvalue weighted by Crippen LogP contribution is -2.09. The number of ether oxygens (including phenoxy) is 1. The van der Waals surface area contributed by atoms with Crippen molar-refractivity contribution in [1.82, 2.24) is 0 Å². The maximum atomic E-state index is 13.7. The number of unbranched alkanes of at least 4 members (excludes halogenated alkanes) is 2.